The third-order valence-electron chi connectivity index (χ3n) is 3.04. The molecule has 0 fully saturated rings. The van der Waals surface area contributed by atoms with E-state index in [2.05, 4.69) is 15.5 Å². The zero-order chi connectivity index (χ0) is 16.8. The van der Waals surface area contributed by atoms with Crippen LogP contribution in [0.25, 0.3) is 0 Å². The van der Waals surface area contributed by atoms with E-state index in [0.29, 0.717) is 17.1 Å². The molecule has 0 radical (unpaired) electrons. The maximum atomic E-state index is 12.2. The maximum Gasteiger partial charge on any atom is 0.339 e. The van der Waals surface area contributed by atoms with Crippen LogP contribution in [0.4, 0.5) is 0 Å². The van der Waals surface area contributed by atoms with Crippen LogP contribution >= 0.6 is 0 Å². The molecule has 0 aliphatic carbocycles. The zero-order valence-corrected chi connectivity index (χ0v) is 13.1. The van der Waals surface area contributed by atoms with Gasteiger partial charge in [0.15, 0.2) is 0 Å². The summed E-state index contributed by atoms with van der Waals surface area (Å²) in [5.41, 5.74) is 3.91. The predicted molar refractivity (Wildman–Crippen MR) is 83.4 cm³/mol. The highest BCUT2D eigenvalue weighted by Gasteiger charge is 2.17. The summed E-state index contributed by atoms with van der Waals surface area (Å²) in [6.45, 7) is 5.34. The number of esters is 1. The summed E-state index contributed by atoms with van der Waals surface area (Å²) in [6, 6.07) is 4.88. The molecular weight excluding hydrogens is 298 g/mol. The summed E-state index contributed by atoms with van der Waals surface area (Å²) in [7, 11) is 0. The van der Waals surface area contributed by atoms with Gasteiger partial charge >= 0.3 is 5.97 Å². The van der Waals surface area contributed by atoms with Gasteiger partial charge in [-0.25, -0.2) is 10.2 Å². The number of ether oxygens (including phenoxy) is 1. The number of carbonyl (C=O) groups is 2. The van der Waals surface area contributed by atoms with Crippen molar-refractivity contribution in [3.8, 4) is 0 Å². The van der Waals surface area contributed by atoms with Gasteiger partial charge in [0, 0.05) is 0 Å². The summed E-state index contributed by atoms with van der Waals surface area (Å²) in [5, 5.41) is 3.80. The fraction of sp³-hybridized carbons (Fsp3) is 0.250. The highest BCUT2D eigenvalue weighted by atomic mass is 16.5. The van der Waals surface area contributed by atoms with E-state index < -0.39 is 11.9 Å². The molecule has 0 saturated heterocycles. The Labute approximate surface area is 133 Å². The average Bonchev–Trinajstić information content (AvgIpc) is 3.00. The minimum absolute atomic E-state index is 0.251. The van der Waals surface area contributed by atoms with E-state index in [1.165, 1.54) is 18.5 Å². The van der Waals surface area contributed by atoms with Gasteiger partial charge in [-0.05, 0) is 39.0 Å². The van der Waals surface area contributed by atoms with Crippen LogP contribution in [0.2, 0.25) is 0 Å². The SMILES string of the molecule is CCOC(=O)c1cc(C(=O)N/N=C\c2ccco2)c(C)nc1C. The van der Waals surface area contributed by atoms with Gasteiger partial charge in [0.1, 0.15) is 5.76 Å². The number of hydrazone groups is 1. The highest BCUT2D eigenvalue weighted by Crippen LogP contribution is 2.14. The van der Waals surface area contributed by atoms with Crippen molar-refractivity contribution in [2.45, 2.75) is 20.8 Å². The van der Waals surface area contributed by atoms with Crippen LogP contribution in [0.5, 0.6) is 0 Å². The van der Waals surface area contributed by atoms with Crippen molar-refractivity contribution in [3.05, 3.63) is 52.7 Å². The molecule has 0 unspecified atom stereocenters. The first-order chi connectivity index (χ1) is 11.0. The van der Waals surface area contributed by atoms with Crippen molar-refractivity contribution in [2.75, 3.05) is 6.61 Å². The van der Waals surface area contributed by atoms with Crippen molar-refractivity contribution in [2.24, 2.45) is 5.10 Å². The zero-order valence-electron chi connectivity index (χ0n) is 13.1. The third-order valence-corrected chi connectivity index (χ3v) is 3.04. The Kier molecular flexibility index (Phi) is 5.24. The van der Waals surface area contributed by atoms with E-state index >= 15 is 0 Å². The molecule has 2 rings (SSSR count). The molecule has 0 saturated carbocycles. The van der Waals surface area contributed by atoms with Crippen molar-refractivity contribution >= 4 is 18.1 Å². The van der Waals surface area contributed by atoms with Gasteiger partial charge in [0.25, 0.3) is 5.91 Å². The molecule has 0 aliphatic heterocycles. The molecule has 0 aromatic carbocycles. The number of hydrogen-bond acceptors (Lipinski definition) is 6. The lowest BCUT2D eigenvalue weighted by atomic mass is 10.1. The molecule has 0 aliphatic rings. The predicted octanol–water partition coefficient (Wildman–Crippen LogP) is 2.23. The second-order valence-corrected chi connectivity index (χ2v) is 4.69. The molecule has 0 spiro atoms. The quantitative estimate of drug-likeness (QED) is 0.519. The number of pyridine rings is 1. The summed E-state index contributed by atoms with van der Waals surface area (Å²) in [6.07, 6.45) is 2.88. The minimum atomic E-state index is -0.509. The number of aromatic nitrogens is 1. The van der Waals surface area contributed by atoms with Crippen LogP contribution in [0.1, 0.15) is 44.8 Å². The molecule has 7 heteroatoms. The normalized spacial score (nSPS) is 10.7. The maximum absolute atomic E-state index is 12.2. The molecule has 1 N–H and O–H groups in total. The molecule has 2 aromatic rings. The van der Waals surface area contributed by atoms with Gasteiger partial charge in [-0.15, -0.1) is 0 Å². The van der Waals surface area contributed by atoms with Crippen LogP contribution in [-0.2, 0) is 4.74 Å². The van der Waals surface area contributed by atoms with Crippen LogP contribution in [0, 0.1) is 13.8 Å². The van der Waals surface area contributed by atoms with E-state index in [0.717, 1.165) is 0 Å². The van der Waals surface area contributed by atoms with Gasteiger partial charge in [-0.3, -0.25) is 9.78 Å². The van der Waals surface area contributed by atoms with Crippen molar-refractivity contribution in [1.82, 2.24) is 10.4 Å². The fourth-order valence-electron chi connectivity index (χ4n) is 1.95. The Hall–Kier alpha value is -2.96. The first-order valence-corrected chi connectivity index (χ1v) is 7.05. The Morgan fingerprint density at radius 1 is 1.35 bits per heavy atom. The van der Waals surface area contributed by atoms with Crippen molar-refractivity contribution < 1.29 is 18.7 Å². The number of carbonyl (C=O) groups excluding carboxylic acids is 2. The van der Waals surface area contributed by atoms with Gasteiger partial charge in [-0.1, -0.05) is 0 Å². The summed E-state index contributed by atoms with van der Waals surface area (Å²) >= 11 is 0. The first-order valence-electron chi connectivity index (χ1n) is 7.05. The molecule has 0 atom stereocenters. The third kappa shape index (κ3) is 4.03. The van der Waals surface area contributed by atoms with E-state index in [9.17, 15) is 9.59 Å². The Morgan fingerprint density at radius 3 is 2.74 bits per heavy atom. The Bertz CT molecular complexity index is 736. The van der Waals surface area contributed by atoms with Gasteiger partial charge in [0.2, 0.25) is 0 Å². The van der Waals surface area contributed by atoms with E-state index in [1.807, 2.05) is 0 Å². The molecule has 23 heavy (non-hydrogen) atoms. The molecule has 0 bridgehead atoms. The highest BCUT2D eigenvalue weighted by molar-refractivity contribution is 5.99. The number of hydrogen-bond donors (Lipinski definition) is 1. The number of nitrogens with zero attached hydrogens (tertiary/aromatic N) is 2. The van der Waals surface area contributed by atoms with Crippen LogP contribution in [0.3, 0.4) is 0 Å². The lowest BCUT2D eigenvalue weighted by Crippen LogP contribution is -2.21. The Morgan fingerprint density at radius 2 is 2.09 bits per heavy atom. The number of furan rings is 1. The topological polar surface area (TPSA) is 93.8 Å². The average molecular weight is 315 g/mol. The fourth-order valence-corrected chi connectivity index (χ4v) is 1.95. The monoisotopic (exact) mass is 315 g/mol. The molecule has 7 nitrogen and oxygen atoms in total. The molecular formula is C16H17N3O4. The van der Waals surface area contributed by atoms with Crippen molar-refractivity contribution in [1.29, 1.82) is 0 Å². The van der Waals surface area contributed by atoms with Gasteiger partial charge in [0.05, 0.1) is 41.6 Å². The van der Waals surface area contributed by atoms with E-state index in [-0.39, 0.29) is 17.7 Å². The standard InChI is InChI=1S/C16H17N3O4/c1-4-22-16(21)14-8-13(10(2)18-11(14)3)15(20)19-17-9-12-6-5-7-23-12/h5-9H,4H2,1-3H3,(H,19,20)/b17-9-. The van der Waals surface area contributed by atoms with Crippen LogP contribution < -0.4 is 5.43 Å². The number of nitrogens with one attached hydrogen (secondary N) is 1. The lowest BCUT2D eigenvalue weighted by molar-refractivity contribution is 0.0525. The van der Waals surface area contributed by atoms with Gasteiger partial charge < -0.3 is 9.15 Å². The second-order valence-electron chi connectivity index (χ2n) is 4.69. The molecule has 2 aromatic heterocycles. The summed E-state index contributed by atoms with van der Waals surface area (Å²) < 4.78 is 10.0. The largest absolute Gasteiger partial charge is 0.463 e. The van der Waals surface area contributed by atoms with Crippen LogP contribution in [0.15, 0.2) is 34.0 Å². The summed E-state index contributed by atoms with van der Waals surface area (Å²) in [4.78, 5) is 28.3. The Balaban J connectivity index is 2.19. The smallest absolute Gasteiger partial charge is 0.339 e. The van der Waals surface area contributed by atoms with Crippen LogP contribution in [-0.4, -0.2) is 29.7 Å². The van der Waals surface area contributed by atoms with Crippen molar-refractivity contribution in [3.63, 3.8) is 0 Å². The number of aryl methyl sites for hydroxylation is 2. The molecule has 120 valence electrons. The molecule has 1 amide bonds. The lowest BCUT2D eigenvalue weighted by Gasteiger charge is -2.09. The summed E-state index contributed by atoms with van der Waals surface area (Å²) in [5.74, 6) is -0.467. The molecule has 2 heterocycles. The minimum Gasteiger partial charge on any atom is -0.463 e. The van der Waals surface area contributed by atoms with Gasteiger partial charge in [-0.2, -0.15) is 5.10 Å². The first kappa shape index (κ1) is 16.4. The number of rotatable bonds is 5. The van der Waals surface area contributed by atoms with E-state index in [1.54, 1.807) is 32.9 Å². The second kappa shape index (κ2) is 7.35. The van der Waals surface area contributed by atoms with E-state index in [4.69, 9.17) is 9.15 Å². The number of amides is 1.